The van der Waals surface area contributed by atoms with E-state index in [1.807, 2.05) is 29.2 Å². The van der Waals surface area contributed by atoms with Gasteiger partial charge in [0.25, 0.3) is 0 Å². The molecular formula is C24H30N4O3. The van der Waals surface area contributed by atoms with Crippen LogP contribution in [0.3, 0.4) is 0 Å². The van der Waals surface area contributed by atoms with Crippen LogP contribution in [0.2, 0.25) is 0 Å². The molecule has 1 fully saturated rings. The van der Waals surface area contributed by atoms with Crippen LogP contribution < -0.4 is 15.1 Å². The Kier molecular flexibility index (Phi) is 5.76. The van der Waals surface area contributed by atoms with Gasteiger partial charge in [0.2, 0.25) is 5.91 Å². The molecule has 0 spiro atoms. The summed E-state index contributed by atoms with van der Waals surface area (Å²) < 4.78 is 0. The average molecular weight is 423 g/mol. The molecule has 0 bridgehead atoms. The minimum absolute atomic E-state index is 0.0627. The lowest BCUT2D eigenvalue weighted by molar-refractivity contribution is -0.117. The summed E-state index contributed by atoms with van der Waals surface area (Å²) in [6.07, 6.45) is -0.853. The Morgan fingerprint density at radius 3 is 2.39 bits per heavy atom. The summed E-state index contributed by atoms with van der Waals surface area (Å²) >= 11 is 0. The molecule has 2 amide bonds. The minimum atomic E-state index is -0.853. The molecule has 2 N–H and O–H groups in total. The number of nitrogens with one attached hydrogen (secondary N) is 1. The number of anilines is 3. The first-order valence-corrected chi connectivity index (χ1v) is 10.8. The van der Waals surface area contributed by atoms with E-state index in [1.165, 1.54) is 4.90 Å². The molecule has 2 aliphatic heterocycles. The van der Waals surface area contributed by atoms with E-state index in [-0.39, 0.29) is 23.9 Å². The Balaban J connectivity index is 1.57. The summed E-state index contributed by atoms with van der Waals surface area (Å²) in [6.45, 7) is 8.31. The minimum Gasteiger partial charge on any atom is -0.465 e. The zero-order valence-corrected chi connectivity index (χ0v) is 18.3. The van der Waals surface area contributed by atoms with Gasteiger partial charge in [0.15, 0.2) is 0 Å². The number of benzene rings is 2. The molecule has 2 heterocycles. The number of carbonyl (C=O) groups is 2. The summed E-state index contributed by atoms with van der Waals surface area (Å²) in [7, 11) is 0. The van der Waals surface area contributed by atoms with Crippen LogP contribution in [-0.2, 0) is 4.79 Å². The van der Waals surface area contributed by atoms with E-state index in [0.29, 0.717) is 26.2 Å². The van der Waals surface area contributed by atoms with Crippen LogP contribution in [0.4, 0.5) is 21.9 Å². The van der Waals surface area contributed by atoms with E-state index in [4.69, 9.17) is 0 Å². The van der Waals surface area contributed by atoms with Crippen molar-refractivity contribution < 1.29 is 14.7 Å². The van der Waals surface area contributed by atoms with Crippen LogP contribution in [0.25, 0.3) is 0 Å². The molecule has 2 aromatic carbocycles. The molecule has 0 unspecified atom stereocenters. The molecular weight excluding hydrogens is 392 g/mol. The molecule has 0 aliphatic carbocycles. The lowest BCUT2D eigenvalue weighted by Crippen LogP contribution is -2.48. The number of rotatable bonds is 3. The predicted octanol–water partition coefficient (Wildman–Crippen LogP) is 4.03. The van der Waals surface area contributed by atoms with E-state index in [9.17, 15) is 14.7 Å². The van der Waals surface area contributed by atoms with Gasteiger partial charge in [0, 0.05) is 62.1 Å². The smallest absolute Gasteiger partial charge is 0.407 e. The quantitative estimate of drug-likeness (QED) is 0.781. The molecule has 7 nitrogen and oxygen atoms in total. The van der Waals surface area contributed by atoms with Crippen LogP contribution in [0, 0.1) is 5.92 Å². The van der Waals surface area contributed by atoms with Gasteiger partial charge < -0.3 is 25.1 Å². The van der Waals surface area contributed by atoms with Gasteiger partial charge in [-0.15, -0.1) is 0 Å². The van der Waals surface area contributed by atoms with Crippen LogP contribution in [-0.4, -0.2) is 54.2 Å². The van der Waals surface area contributed by atoms with Gasteiger partial charge in [-0.05, 0) is 36.8 Å². The molecule has 164 valence electrons. The molecule has 4 rings (SSSR count). The third-order valence-corrected chi connectivity index (χ3v) is 6.65. The number of piperazine rings is 1. The van der Waals surface area contributed by atoms with Crippen LogP contribution >= 0.6 is 0 Å². The van der Waals surface area contributed by atoms with Crippen molar-refractivity contribution in [3.63, 3.8) is 0 Å². The highest BCUT2D eigenvalue weighted by molar-refractivity contribution is 5.94. The normalized spacial score (nSPS) is 23.3. The van der Waals surface area contributed by atoms with E-state index < -0.39 is 6.09 Å². The average Bonchev–Trinajstić information content (AvgIpc) is 2.77. The SMILES string of the molecule is CC(=O)N1c2ccccc2[C@H](Nc2cccc(N3CCN(C(=O)O)CC3)c2)[C@@H](C)[C@@H]1C. The van der Waals surface area contributed by atoms with Crippen molar-refractivity contribution >= 4 is 29.1 Å². The maximum absolute atomic E-state index is 12.3. The Hall–Kier alpha value is -3.22. The first kappa shape index (κ1) is 21.0. The van der Waals surface area contributed by atoms with E-state index in [0.717, 1.165) is 22.6 Å². The monoisotopic (exact) mass is 422 g/mol. The number of amides is 2. The Morgan fingerprint density at radius 2 is 1.71 bits per heavy atom. The highest BCUT2D eigenvalue weighted by atomic mass is 16.4. The van der Waals surface area contributed by atoms with Crippen molar-refractivity contribution in [1.29, 1.82) is 0 Å². The van der Waals surface area contributed by atoms with Gasteiger partial charge in [0.05, 0.1) is 6.04 Å². The fourth-order valence-electron chi connectivity index (χ4n) is 4.78. The van der Waals surface area contributed by atoms with Crippen molar-refractivity contribution in [2.75, 3.05) is 41.3 Å². The molecule has 0 saturated carbocycles. The van der Waals surface area contributed by atoms with Gasteiger partial charge in [0.1, 0.15) is 0 Å². The zero-order chi connectivity index (χ0) is 22.1. The fraction of sp³-hybridized carbons (Fsp3) is 0.417. The van der Waals surface area contributed by atoms with Gasteiger partial charge in [-0.2, -0.15) is 0 Å². The van der Waals surface area contributed by atoms with Crippen molar-refractivity contribution in [2.24, 2.45) is 5.92 Å². The molecule has 2 aromatic rings. The molecule has 2 aliphatic rings. The summed E-state index contributed by atoms with van der Waals surface area (Å²) in [4.78, 5) is 29.1. The van der Waals surface area contributed by atoms with E-state index in [1.54, 1.807) is 6.92 Å². The summed E-state index contributed by atoms with van der Waals surface area (Å²) in [5.41, 5.74) is 4.21. The lowest BCUT2D eigenvalue weighted by Gasteiger charge is -2.44. The second-order valence-electron chi connectivity index (χ2n) is 8.48. The number of fused-ring (bicyclic) bond motifs is 1. The summed E-state index contributed by atoms with van der Waals surface area (Å²) in [5.74, 6) is 0.286. The van der Waals surface area contributed by atoms with Crippen molar-refractivity contribution in [1.82, 2.24) is 4.90 Å². The van der Waals surface area contributed by atoms with Crippen molar-refractivity contribution in [2.45, 2.75) is 32.9 Å². The molecule has 0 aromatic heterocycles. The molecule has 31 heavy (non-hydrogen) atoms. The molecule has 1 saturated heterocycles. The molecule has 0 radical (unpaired) electrons. The van der Waals surface area contributed by atoms with E-state index >= 15 is 0 Å². The number of hydrogen-bond donors (Lipinski definition) is 2. The number of para-hydroxylation sites is 1. The van der Waals surface area contributed by atoms with Crippen LogP contribution in [0.5, 0.6) is 0 Å². The molecule has 7 heteroatoms. The Morgan fingerprint density at radius 1 is 1.00 bits per heavy atom. The lowest BCUT2D eigenvalue weighted by atomic mass is 9.82. The standard InChI is InChI=1S/C24H30N4O3/c1-16-17(2)28(18(3)29)22-10-5-4-9-21(22)23(16)25-19-7-6-8-20(15-19)26-11-13-27(14-12-26)24(30)31/h4-10,15-17,23,25H,11-14H2,1-3H3,(H,30,31)/t16-,17-,23+/m0/s1. The van der Waals surface area contributed by atoms with Gasteiger partial charge >= 0.3 is 6.09 Å². The molecule has 3 atom stereocenters. The second kappa shape index (κ2) is 8.49. The number of nitrogens with zero attached hydrogens (tertiary/aromatic N) is 3. The first-order valence-electron chi connectivity index (χ1n) is 10.8. The van der Waals surface area contributed by atoms with E-state index in [2.05, 4.69) is 48.3 Å². The van der Waals surface area contributed by atoms with Crippen LogP contribution in [0.15, 0.2) is 48.5 Å². The Labute approximate surface area is 183 Å². The van der Waals surface area contributed by atoms with Gasteiger partial charge in [-0.3, -0.25) is 4.79 Å². The first-order chi connectivity index (χ1) is 14.9. The maximum Gasteiger partial charge on any atom is 0.407 e. The topological polar surface area (TPSA) is 76.1 Å². The van der Waals surface area contributed by atoms with Crippen molar-refractivity contribution in [3.05, 3.63) is 54.1 Å². The predicted molar refractivity (Wildman–Crippen MR) is 123 cm³/mol. The van der Waals surface area contributed by atoms with Gasteiger partial charge in [-0.25, -0.2) is 4.79 Å². The highest BCUT2D eigenvalue weighted by Gasteiger charge is 2.37. The largest absolute Gasteiger partial charge is 0.465 e. The van der Waals surface area contributed by atoms with Gasteiger partial charge in [-0.1, -0.05) is 31.2 Å². The fourth-order valence-corrected chi connectivity index (χ4v) is 4.78. The summed E-state index contributed by atoms with van der Waals surface area (Å²) in [5, 5.41) is 12.9. The van der Waals surface area contributed by atoms with Crippen molar-refractivity contribution in [3.8, 4) is 0 Å². The number of carboxylic acid groups (broad SMARTS) is 1. The highest BCUT2D eigenvalue weighted by Crippen LogP contribution is 2.42. The Bertz CT molecular complexity index is 971. The summed E-state index contributed by atoms with van der Waals surface area (Å²) in [6, 6.07) is 16.6. The third-order valence-electron chi connectivity index (χ3n) is 6.65. The zero-order valence-electron chi connectivity index (χ0n) is 18.3. The van der Waals surface area contributed by atoms with Crippen LogP contribution in [0.1, 0.15) is 32.4 Å². The number of carbonyl (C=O) groups excluding carboxylic acids is 1. The number of hydrogen-bond acceptors (Lipinski definition) is 4. The third kappa shape index (κ3) is 4.04. The second-order valence-corrected chi connectivity index (χ2v) is 8.48. The maximum atomic E-state index is 12.3.